The Hall–Kier alpha value is -3.64. The Morgan fingerprint density at radius 1 is 1.04 bits per heavy atom. The zero-order chi connectivity index (χ0) is 33.5. The largest absolute Gasteiger partial charge is 0.497 e. The van der Waals surface area contributed by atoms with Gasteiger partial charge in [-0.05, 0) is 96.1 Å². The molecule has 1 saturated heterocycles. The van der Waals surface area contributed by atoms with Crippen molar-refractivity contribution in [2.45, 2.75) is 75.0 Å². The quantitative estimate of drug-likeness (QED) is 0.117. The third-order valence-electron chi connectivity index (χ3n) is 9.49. The SMILES string of the molecule is COCCCN1CCOc2ccc(CO[C@H]3CN(Sc4ccc(C)cc4)[C@H](CC(C)(C)c4nnn[nH]4)C[C@@H]3c3ccc(OC)cc3)cc21. The highest BCUT2D eigenvalue weighted by molar-refractivity contribution is 7.97. The number of hydrogen-bond donors (Lipinski definition) is 1. The van der Waals surface area contributed by atoms with E-state index >= 15 is 0 Å². The molecule has 1 N–H and O–H groups in total. The van der Waals surface area contributed by atoms with Gasteiger partial charge in [0.25, 0.3) is 0 Å². The second-order valence-electron chi connectivity index (χ2n) is 13.4. The van der Waals surface area contributed by atoms with E-state index < -0.39 is 0 Å². The van der Waals surface area contributed by atoms with Crippen LogP contribution in [0.2, 0.25) is 0 Å². The Kier molecular flexibility index (Phi) is 11.2. The van der Waals surface area contributed by atoms with Gasteiger partial charge in [0.05, 0.1) is 32.1 Å². The van der Waals surface area contributed by atoms with E-state index in [1.54, 1.807) is 14.2 Å². The lowest BCUT2D eigenvalue weighted by Crippen LogP contribution is -2.48. The van der Waals surface area contributed by atoms with Crippen molar-refractivity contribution in [1.82, 2.24) is 24.9 Å². The molecule has 3 aromatic carbocycles. The third-order valence-corrected chi connectivity index (χ3v) is 10.6. The molecule has 0 radical (unpaired) electrons. The number of anilines is 1. The zero-order valence-electron chi connectivity index (χ0n) is 28.7. The average Bonchev–Trinajstić information content (AvgIpc) is 3.66. The van der Waals surface area contributed by atoms with E-state index in [0.717, 1.165) is 74.1 Å². The number of rotatable bonds is 14. The molecule has 2 aliphatic heterocycles. The highest BCUT2D eigenvalue weighted by Gasteiger charge is 2.41. The number of aromatic nitrogens is 4. The van der Waals surface area contributed by atoms with E-state index in [1.165, 1.54) is 16.0 Å². The Labute approximate surface area is 288 Å². The fourth-order valence-corrected chi connectivity index (χ4v) is 7.85. The van der Waals surface area contributed by atoms with Crippen molar-refractivity contribution in [3.63, 3.8) is 0 Å². The van der Waals surface area contributed by atoms with Crippen LogP contribution in [0.15, 0.2) is 71.6 Å². The topological polar surface area (TPSA) is 97.9 Å². The normalized spacial score (nSPS) is 19.9. The van der Waals surface area contributed by atoms with Crippen molar-refractivity contribution in [3.05, 3.63) is 89.2 Å². The number of aromatic amines is 1. The number of methoxy groups -OCH3 is 2. The van der Waals surface area contributed by atoms with E-state index in [9.17, 15) is 0 Å². The summed E-state index contributed by atoms with van der Waals surface area (Å²) in [7, 11) is 3.46. The molecule has 0 saturated carbocycles. The van der Waals surface area contributed by atoms with Gasteiger partial charge in [-0.25, -0.2) is 9.40 Å². The van der Waals surface area contributed by atoms with Gasteiger partial charge in [-0.1, -0.05) is 49.7 Å². The van der Waals surface area contributed by atoms with E-state index in [1.807, 2.05) is 11.9 Å². The molecule has 2 aliphatic rings. The summed E-state index contributed by atoms with van der Waals surface area (Å²) in [5, 5.41) is 15.1. The summed E-state index contributed by atoms with van der Waals surface area (Å²) >= 11 is 1.81. The Balaban J connectivity index is 1.27. The molecule has 0 aliphatic carbocycles. The molecule has 3 atom stereocenters. The number of benzene rings is 3. The fraction of sp³-hybridized carbons (Fsp3) is 0.486. The number of nitrogens with zero attached hydrogens (tertiary/aromatic N) is 5. The zero-order valence-corrected chi connectivity index (χ0v) is 29.5. The first-order valence-electron chi connectivity index (χ1n) is 16.8. The van der Waals surface area contributed by atoms with Crippen LogP contribution >= 0.6 is 11.9 Å². The van der Waals surface area contributed by atoms with Crippen molar-refractivity contribution in [2.24, 2.45) is 0 Å². The first kappa shape index (κ1) is 34.2. The highest BCUT2D eigenvalue weighted by Crippen LogP contribution is 2.43. The molecule has 0 unspecified atom stereocenters. The maximum absolute atomic E-state index is 6.95. The van der Waals surface area contributed by atoms with Gasteiger partial charge in [0, 0.05) is 49.1 Å². The molecular formula is C37H48N6O4S. The molecule has 1 aromatic heterocycles. The van der Waals surface area contributed by atoms with Gasteiger partial charge in [0.15, 0.2) is 5.82 Å². The minimum absolute atomic E-state index is 0.0345. The van der Waals surface area contributed by atoms with Crippen LogP contribution in [0.3, 0.4) is 0 Å². The smallest absolute Gasteiger partial charge is 0.154 e. The molecule has 3 heterocycles. The van der Waals surface area contributed by atoms with E-state index in [0.29, 0.717) is 13.2 Å². The molecule has 6 rings (SSSR count). The summed E-state index contributed by atoms with van der Waals surface area (Å²) in [5.74, 6) is 2.77. The van der Waals surface area contributed by atoms with Crippen LogP contribution in [0.5, 0.6) is 11.5 Å². The summed E-state index contributed by atoms with van der Waals surface area (Å²) in [6, 6.07) is 24.0. The number of hydrogen-bond acceptors (Lipinski definition) is 10. The van der Waals surface area contributed by atoms with Crippen LogP contribution in [0.1, 0.15) is 61.5 Å². The molecule has 4 aromatic rings. The average molecular weight is 673 g/mol. The number of piperidine rings is 1. The van der Waals surface area contributed by atoms with Crippen molar-refractivity contribution in [2.75, 3.05) is 52.0 Å². The van der Waals surface area contributed by atoms with Gasteiger partial charge < -0.3 is 23.8 Å². The van der Waals surface area contributed by atoms with Crippen molar-refractivity contribution < 1.29 is 18.9 Å². The minimum Gasteiger partial charge on any atom is -0.497 e. The maximum Gasteiger partial charge on any atom is 0.154 e. The van der Waals surface area contributed by atoms with Crippen molar-refractivity contribution in [3.8, 4) is 11.5 Å². The van der Waals surface area contributed by atoms with Crippen LogP contribution in [-0.4, -0.2) is 84.1 Å². The van der Waals surface area contributed by atoms with Crippen molar-refractivity contribution >= 4 is 17.6 Å². The summed E-state index contributed by atoms with van der Waals surface area (Å²) in [6.07, 6.45) is 2.74. The Morgan fingerprint density at radius 2 is 1.85 bits per heavy atom. The second kappa shape index (κ2) is 15.7. The fourth-order valence-electron chi connectivity index (χ4n) is 6.79. The molecular weight excluding hydrogens is 625 g/mol. The van der Waals surface area contributed by atoms with Gasteiger partial charge in [0.2, 0.25) is 0 Å². The lowest BCUT2D eigenvalue weighted by Gasteiger charge is -2.45. The van der Waals surface area contributed by atoms with Crippen LogP contribution in [0.4, 0.5) is 5.69 Å². The lowest BCUT2D eigenvalue weighted by atomic mass is 9.77. The van der Waals surface area contributed by atoms with Gasteiger partial charge in [-0.3, -0.25) is 0 Å². The number of aryl methyl sites for hydroxylation is 1. The van der Waals surface area contributed by atoms with E-state index in [4.69, 9.17) is 18.9 Å². The number of H-pyrrole nitrogens is 1. The first-order chi connectivity index (χ1) is 23.3. The van der Waals surface area contributed by atoms with Crippen LogP contribution in [0.25, 0.3) is 0 Å². The Bertz CT molecular complexity index is 1580. The van der Waals surface area contributed by atoms with Gasteiger partial charge in [0.1, 0.15) is 18.1 Å². The van der Waals surface area contributed by atoms with Gasteiger partial charge >= 0.3 is 0 Å². The standard InChI is InChI=1S/C37H48N6O4S/c1-26-7-14-31(15-8-26)48-43-24-35(47-25-27-9-16-34-33(21-27)42(18-20-46-34)17-6-19-44-4)32(28-10-12-30(45-5)13-11-28)22-29(43)23-37(2,3)36-38-40-41-39-36/h7-16,21,29,32,35H,6,17-20,22-25H2,1-5H3,(H,38,39,40,41)/t29-,32+,35-/m0/s1. The molecule has 10 nitrogen and oxygen atoms in total. The van der Waals surface area contributed by atoms with Crippen LogP contribution in [0, 0.1) is 6.92 Å². The first-order valence-corrected chi connectivity index (χ1v) is 17.6. The summed E-state index contributed by atoms with van der Waals surface area (Å²) < 4.78 is 26.3. The van der Waals surface area contributed by atoms with Gasteiger partial charge in [-0.15, -0.1) is 5.10 Å². The predicted molar refractivity (Wildman–Crippen MR) is 189 cm³/mol. The lowest BCUT2D eigenvalue weighted by molar-refractivity contribution is -0.0206. The van der Waals surface area contributed by atoms with Crippen molar-refractivity contribution in [1.29, 1.82) is 0 Å². The van der Waals surface area contributed by atoms with E-state index in [-0.39, 0.29) is 23.5 Å². The predicted octanol–water partition coefficient (Wildman–Crippen LogP) is 6.57. The molecule has 0 amide bonds. The molecule has 0 bridgehead atoms. The van der Waals surface area contributed by atoms with E-state index in [2.05, 4.69) is 117 Å². The summed E-state index contributed by atoms with van der Waals surface area (Å²) in [4.78, 5) is 3.62. The molecule has 1 fully saturated rings. The Morgan fingerprint density at radius 3 is 2.58 bits per heavy atom. The molecule has 48 heavy (non-hydrogen) atoms. The third kappa shape index (κ3) is 8.31. The molecule has 11 heteroatoms. The number of ether oxygens (including phenoxy) is 4. The summed E-state index contributed by atoms with van der Waals surface area (Å²) in [6.45, 7) is 11.1. The van der Waals surface area contributed by atoms with Gasteiger partial charge in [-0.2, -0.15) is 0 Å². The van der Waals surface area contributed by atoms with Crippen LogP contribution in [-0.2, 0) is 21.5 Å². The number of fused-ring (bicyclic) bond motifs is 1. The highest BCUT2D eigenvalue weighted by atomic mass is 32.2. The molecule has 256 valence electrons. The maximum atomic E-state index is 6.95. The number of nitrogens with one attached hydrogen (secondary N) is 1. The van der Waals surface area contributed by atoms with Crippen LogP contribution < -0.4 is 14.4 Å². The monoisotopic (exact) mass is 672 g/mol. The second-order valence-corrected chi connectivity index (χ2v) is 14.6. The summed E-state index contributed by atoms with van der Waals surface area (Å²) in [5.41, 5.74) is 4.53. The number of tetrazole rings is 1. The minimum atomic E-state index is -0.251. The molecule has 0 spiro atoms.